The first-order valence-corrected chi connectivity index (χ1v) is 6.19. The summed E-state index contributed by atoms with van der Waals surface area (Å²) in [6, 6.07) is 7.25. The van der Waals surface area contributed by atoms with Crippen LogP contribution in [0.25, 0.3) is 0 Å². The highest BCUT2D eigenvalue weighted by atomic mass is 35.5. The lowest BCUT2D eigenvalue weighted by atomic mass is 10.1. The number of benzene rings is 1. The molecule has 0 heterocycles. The highest BCUT2D eigenvalue weighted by Crippen LogP contribution is 2.10. The molecule has 0 saturated heterocycles. The molecular formula is C11H17ClN2OS. The number of carbonyl (C=O) groups excluding carboxylic acids is 1. The van der Waals surface area contributed by atoms with Crippen LogP contribution in [0.1, 0.15) is 17.3 Å². The van der Waals surface area contributed by atoms with Gasteiger partial charge in [0.2, 0.25) is 0 Å². The van der Waals surface area contributed by atoms with E-state index in [1.54, 1.807) is 23.9 Å². The lowest BCUT2D eigenvalue weighted by Crippen LogP contribution is -2.34. The summed E-state index contributed by atoms with van der Waals surface area (Å²) in [6.45, 7) is 1.98. The second-order valence-corrected chi connectivity index (χ2v) is 4.33. The van der Waals surface area contributed by atoms with Gasteiger partial charge >= 0.3 is 0 Å². The van der Waals surface area contributed by atoms with Crippen LogP contribution in [0.5, 0.6) is 0 Å². The summed E-state index contributed by atoms with van der Waals surface area (Å²) >= 11 is 1.71. The van der Waals surface area contributed by atoms with Gasteiger partial charge in [-0.1, -0.05) is 12.1 Å². The fourth-order valence-corrected chi connectivity index (χ4v) is 1.88. The minimum atomic E-state index is -0.102. The topological polar surface area (TPSA) is 55.1 Å². The van der Waals surface area contributed by atoms with Crippen molar-refractivity contribution in [2.24, 2.45) is 0 Å². The van der Waals surface area contributed by atoms with Crippen LogP contribution in [0, 0.1) is 0 Å². The minimum Gasteiger partial charge on any atom is -0.398 e. The summed E-state index contributed by atoms with van der Waals surface area (Å²) in [4.78, 5) is 11.8. The second-order valence-electron chi connectivity index (χ2n) is 3.42. The van der Waals surface area contributed by atoms with E-state index in [0.717, 1.165) is 5.75 Å². The number of hydrogen-bond donors (Lipinski definition) is 2. The number of nitrogens with two attached hydrogens (primary N) is 1. The monoisotopic (exact) mass is 260 g/mol. The third kappa shape index (κ3) is 4.33. The van der Waals surface area contributed by atoms with Gasteiger partial charge in [0.1, 0.15) is 0 Å². The van der Waals surface area contributed by atoms with Gasteiger partial charge < -0.3 is 11.1 Å². The molecule has 0 aliphatic carbocycles. The molecule has 90 valence electrons. The average Bonchev–Trinajstić information content (AvgIpc) is 2.18. The quantitative estimate of drug-likeness (QED) is 0.816. The molecule has 0 spiro atoms. The molecule has 0 aliphatic rings. The molecule has 16 heavy (non-hydrogen) atoms. The number of halogens is 1. The van der Waals surface area contributed by atoms with Gasteiger partial charge in [-0.3, -0.25) is 4.79 Å². The summed E-state index contributed by atoms with van der Waals surface area (Å²) in [6.07, 6.45) is 2.01. The highest BCUT2D eigenvalue weighted by Gasteiger charge is 2.11. The highest BCUT2D eigenvalue weighted by molar-refractivity contribution is 7.98. The number of amides is 1. The normalized spacial score (nSPS) is 11.4. The van der Waals surface area contributed by atoms with Crippen LogP contribution in [0.15, 0.2) is 24.3 Å². The van der Waals surface area contributed by atoms with E-state index in [1.165, 1.54) is 0 Å². The largest absolute Gasteiger partial charge is 0.398 e. The molecule has 0 aromatic heterocycles. The van der Waals surface area contributed by atoms with Crippen molar-refractivity contribution in [1.29, 1.82) is 0 Å². The smallest absolute Gasteiger partial charge is 0.253 e. The Hall–Kier alpha value is -0.870. The van der Waals surface area contributed by atoms with E-state index in [4.69, 9.17) is 5.73 Å². The summed E-state index contributed by atoms with van der Waals surface area (Å²) in [5.74, 6) is 0.799. The number of anilines is 1. The predicted octanol–water partition coefficient (Wildman–Crippen LogP) is 2.17. The summed E-state index contributed by atoms with van der Waals surface area (Å²) in [5.41, 5.74) is 6.77. The molecule has 1 unspecified atom stereocenters. The zero-order chi connectivity index (χ0) is 11.3. The average molecular weight is 261 g/mol. The summed E-state index contributed by atoms with van der Waals surface area (Å²) in [5, 5.41) is 2.90. The van der Waals surface area contributed by atoms with Crippen LogP contribution in [-0.2, 0) is 0 Å². The Morgan fingerprint density at radius 2 is 2.12 bits per heavy atom. The molecule has 1 aromatic carbocycles. The molecule has 5 heteroatoms. The number of carbonyl (C=O) groups is 1. The first-order chi connectivity index (χ1) is 7.15. The zero-order valence-corrected chi connectivity index (χ0v) is 11.0. The van der Waals surface area contributed by atoms with Gasteiger partial charge in [0, 0.05) is 17.5 Å². The molecule has 1 atom stereocenters. The third-order valence-corrected chi connectivity index (χ3v) is 2.83. The van der Waals surface area contributed by atoms with Crippen molar-refractivity contribution < 1.29 is 4.79 Å². The molecule has 0 saturated carbocycles. The van der Waals surface area contributed by atoms with E-state index in [2.05, 4.69) is 5.32 Å². The number of thioether (sulfide) groups is 1. The van der Waals surface area contributed by atoms with Gasteiger partial charge in [-0.05, 0) is 25.3 Å². The van der Waals surface area contributed by atoms with Gasteiger partial charge in [0.25, 0.3) is 5.91 Å². The SMILES string of the molecule is CSCC(C)NC(=O)c1ccccc1N.Cl. The number of nitrogens with one attached hydrogen (secondary N) is 1. The van der Waals surface area contributed by atoms with Crippen LogP contribution in [0.4, 0.5) is 5.69 Å². The lowest BCUT2D eigenvalue weighted by molar-refractivity contribution is 0.0944. The van der Waals surface area contributed by atoms with E-state index in [1.807, 2.05) is 25.3 Å². The molecular weight excluding hydrogens is 244 g/mol. The van der Waals surface area contributed by atoms with Crippen LogP contribution in [-0.4, -0.2) is 24.0 Å². The summed E-state index contributed by atoms with van der Waals surface area (Å²) in [7, 11) is 0. The van der Waals surface area contributed by atoms with E-state index in [-0.39, 0.29) is 24.4 Å². The standard InChI is InChI=1S/C11H16N2OS.ClH/c1-8(7-15-2)13-11(14)9-5-3-4-6-10(9)12;/h3-6,8H,7,12H2,1-2H3,(H,13,14);1H. The summed E-state index contributed by atoms with van der Waals surface area (Å²) < 4.78 is 0. The van der Waals surface area contributed by atoms with E-state index in [9.17, 15) is 4.79 Å². The molecule has 1 rings (SSSR count). The van der Waals surface area contributed by atoms with Gasteiger partial charge in [-0.15, -0.1) is 12.4 Å². The molecule has 0 radical (unpaired) electrons. The van der Waals surface area contributed by atoms with Gasteiger partial charge in [0.05, 0.1) is 5.56 Å². The van der Waals surface area contributed by atoms with Crippen molar-refractivity contribution in [2.45, 2.75) is 13.0 Å². The zero-order valence-electron chi connectivity index (χ0n) is 9.40. The van der Waals surface area contributed by atoms with Crippen molar-refractivity contribution in [3.8, 4) is 0 Å². The molecule has 1 aromatic rings. The van der Waals surface area contributed by atoms with Crippen molar-refractivity contribution in [3.05, 3.63) is 29.8 Å². The van der Waals surface area contributed by atoms with Gasteiger partial charge in [-0.2, -0.15) is 11.8 Å². The van der Waals surface area contributed by atoms with E-state index < -0.39 is 0 Å². The van der Waals surface area contributed by atoms with Crippen molar-refractivity contribution in [3.63, 3.8) is 0 Å². The second kappa shape index (κ2) is 7.41. The molecule has 1 amide bonds. The maximum absolute atomic E-state index is 11.8. The Morgan fingerprint density at radius 1 is 1.50 bits per heavy atom. The van der Waals surface area contributed by atoms with Gasteiger partial charge in [-0.25, -0.2) is 0 Å². The molecule has 3 N–H and O–H groups in total. The Bertz CT molecular complexity index is 347. The van der Waals surface area contributed by atoms with Crippen LogP contribution in [0.3, 0.4) is 0 Å². The van der Waals surface area contributed by atoms with Crippen LogP contribution >= 0.6 is 24.2 Å². The lowest BCUT2D eigenvalue weighted by Gasteiger charge is -2.13. The number of nitrogen functional groups attached to an aromatic ring is 1. The van der Waals surface area contributed by atoms with E-state index >= 15 is 0 Å². The Kier molecular flexibility index (Phi) is 7.01. The first-order valence-electron chi connectivity index (χ1n) is 4.79. The number of hydrogen-bond acceptors (Lipinski definition) is 3. The van der Waals surface area contributed by atoms with Crippen molar-refractivity contribution in [1.82, 2.24) is 5.32 Å². The predicted molar refractivity (Wildman–Crippen MR) is 73.4 cm³/mol. The minimum absolute atomic E-state index is 0. The van der Waals surface area contributed by atoms with Crippen LogP contribution in [0.2, 0.25) is 0 Å². The number of para-hydroxylation sites is 1. The third-order valence-electron chi connectivity index (χ3n) is 2.00. The van der Waals surface area contributed by atoms with E-state index in [0.29, 0.717) is 11.3 Å². The molecule has 0 fully saturated rings. The maximum atomic E-state index is 11.8. The van der Waals surface area contributed by atoms with Crippen molar-refractivity contribution in [2.75, 3.05) is 17.7 Å². The fourth-order valence-electron chi connectivity index (χ4n) is 1.30. The Morgan fingerprint density at radius 3 is 2.69 bits per heavy atom. The maximum Gasteiger partial charge on any atom is 0.253 e. The van der Waals surface area contributed by atoms with Crippen molar-refractivity contribution >= 4 is 35.8 Å². The fraction of sp³-hybridized carbons (Fsp3) is 0.364. The van der Waals surface area contributed by atoms with Gasteiger partial charge in [0.15, 0.2) is 0 Å². The molecule has 3 nitrogen and oxygen atoms in total. The Balaban J connectivity index is 0.00000225. The first kappa shape index (κ1) is 15.1. The Labute approximate surface area is 107 Å². The molecule has 0 bridgehead atoms. The van der Waals surface area contributed by atoms with Crippen LogP contribution < -0.4 is 11.1 Å². The molecule has 0 aliphatic heterocycles. The number of rotatable bonds is 4.